The minimum absolute atomic E-state index is 0.0612. The van der Waals surface area contributed by atoms with E-state index in [9.17, 15) is 9.59 Å². The van der Waals surface area contributed by atoms with E-state index in [2.05, 4.69) is 12.2 Å². The second-order valence-corrected chi connectivity index (χ2v) is 7.62. The summed E-state index contributed by atoms with van der Waals surface area (Å²) < 4.78 is 0. The normalized spacial score (nSPS) is 31.6. The molecule has 0 aromatic carbocycles. The number of likely N-dealkylation sites (tertiary alicyclic amines) is 1. The van der Waals surface area contributed by atoms with Crippen LogP contribution in [0.1, 0.15) is 83.5 Å². The summed E-state index contributed by atoms with van der Waals surface area (Å²) in [7, 11) is 0. The lowest BCUT2D eigenvalue weighted by Gasteiger charge is -2.27. The van der Waals surface area contributed by atoms with E-state index in [4.69, 9.17) is 0 Å². The molecule has 1 saturated heterocycles. The van der Waals surface area contributed by atoms with Gasteiger partial charge in [0.2, 0.25) is 11.8 Å². The molecule has 0 spiro atoms. The van der Waals surface area contributed by atoms with Crippen molar-refractivity contribution in [1.29, 1.82) is 0 Å². The van der Waals surface area contributed by atoms with Crippen molar-refractivity contribution in [3.63, 3.8) is 0 Å². The predicted molar refractivity (Wildman–Crippen MR) is 91.8 cm³/mol. The van der Waals surface area contributed by atoms with E-state index < -0.39 is 0 Å². The summed E-state index contributed by atoms with van der Waals surface area (Å²) in [5.74, 6) is 0.130. The van der Waals surface area contributed by atoms with Gasteiger partial charge in [0, 0.05) is 6.04 Å². The van der Waals surface area contributed by atoms with Crippen molar-refractivity contribution >= 4 is 11.8 Å². The molecule has 2 amide bonds. The topological polar surface area (TPSA) is 37.4 Å². The van der Waals surface area contributed by atoms with Crippen LogP contribution in [0.4, 0.5) is 0 Å². The van der Waals surface area contributed by atoms with Crippen LogP contribution in [0, 0.1) is 11.8 Å². The average Bonchev–Trinajstić information content (AvgIpc) is 2.81. The van der Waals surface area contributed by atoms with Gasteiger partial charge in [-0.25, -0.2) is 0 Å². The van der Waals surface area contributed by atoms with E-state index in [1.165, 1.54) is 44.9 Å². The standard InChI is InChI=1S/C20H31NO2/c22-19-17-14-10-11-15-18(17)20(23)21(19)16-12-8-6-4-2-1-3-5-7-9-13-16/h10-11,16-18H,1-9,12-15H2. The number of nitrogens with zero attached hydrogens (tertiary/aromatic N) is 1. The Hall–Kier alpha value is -1.12. The number of allylic oxidation sites excluding steroid dienone is 2. The van der Waals surface area contributed by atoms with Crippen LogP contribution in [-0.4, -0.2) is 22.8 Å². The second kappa shape index (κ2) is 8.12. The van der Waals surface area contributed by atoms with Crippen LogP contribution in [0.25, 0.3) is 0 Å². The van der Waals surface area contributed by atoms with Gasteiger partial charge >= 0.3 is 0 Å². The van der Waals surface area contributed by atoms with Gasteiger partial charge in [-0.15, -0.1) is 0 Å². The first kappa shape index (κ1) is 16.7. The minimum Gasteiger partial charge on any atom is -0.279 e. The van der Waals surface area contributed by atoms with Gasteiger partial charge in [-0.1, -0.05) is 69.9 Å². The first-order valence-corrected chi connectivity index (χ1v) is 9.81. The Balaban J connectivity index is 1.66. The number of carbonyl (C=O) groups excluding carboxylic acids is 2. The minimum atomic E-state index is -0.0612. The van der Waals surface area contributed by atoms with Gasteiger partial charge in [0.15, 0.2) is 0 Å². The summed E-state index contributed by atoms with van der Waals surface area (Å²) in [6.45, 7) is 0. The van der Waals surface area contributed by atoms with Crippen molar-refractivity contribution in [2.24, 2.45) is 11.8 Å². The second-order valence-electron chi connectivity index (χ2n) is 7.62. The zero-order chi connectivity index (χ0) is 16.1. The molecule has 3 nitrogen and oxygen atoms in total. The van der Waals surface area contributed by atoms with Gasteiger partial charge in [-0.05, 0) is 25.7 Å². The number of amides is 2. The fourth-order valence-electron chi connectivity index (χ4n) is 4.59. The number of hydrogen-bond acceptors (Lipinski definition) is 2. The number of carbonyl (C=O) groups is 2. The first-order valence-electron chi connectivity index (χ1n) is 9.81. The van der Waals surface area contributed by atoms with E-state index in [-0.39, 0.29) is 29.7 Å². The molecule has 0 N–H and O–H groups in total. The molecule has 128 valence electrons. The summed E-state index contributed by atoms with van der Waals surface area (Å²) in [5, 5.41) is 0. The maximum Gasteiger partial charge on any atom is 0.233 e. The van der Waals surface area contributed by atoms with Crippen LogP contribution in [0.15, 0.2) is 12.2 Å². The van der Waals surface area contributed by atoms with Crippen molar-refractivity contribution in [2.45, 2.75) is 89.5 Å². The molecule has 0 aromatic rings. The first-order chi connectivity index (χ1) is 11.3. The molecule has 2 unspecified atom stereocenters. The van der Waals surface area contributed by atoms with Crippen LogP contribution in [0.2, 0.25) is 0 Å². The van der Waals surface area contributed by atoms with E-state index in [0.717, 1.165) is 38.5 Å². The fraction of sp³-hybridized carbons (Fsp3) is 0.800. The molecular weight excluding hydrogens is 286 g/mol. The number of hydrogen-bond donors (Lipinski definition) is 0. The molecule has 0 bridgehead atoms. The highest BCUT2D eigenvalue weighted by molar-refractivity contribution is 6.05. The van der Waals surface area contributed by atoms with Gasteiger partial charge in [-0.3, -0.25) is 14.5 Å². The van der Waals surface area contributed by atoms with Crippen LogP contribution >= 0.6 is 0 Å². The summed E-state index contributed by atoms with van der Waals surface area (Å²) in [5.41, 5.74) is 0. The van der Waals surface area contributed by atoms with Gasteiger partial charge in [-0.2, -0.15) is 0 Å². The number of imide groups is 1. The lowest BCUT2D eigenvalue weighted by Crippen LogP contribution is -2.40. The molecule has 0 radical (unpaired) electrons. The van der Waals surface area contributed by atoms with E-state index in [1.807, 2.05) is 0 Å². The average molecular weight is 317 g/mol. The number of rotatable bonds is 1. The van der Waals surface area contributed by atoms with Gasteiger partial charge in [0.1, 0.15) is 0 Å². The smallest absolute Gasteiger partial charge is 0.233 e. The Kier molecular flexibility index (Phi) is 5.91. The summed E-state index contributed by atoms with van der Waals surface area (Å²) in [6.07, 6.45) is 19.2. The van der Waals surface area contributed by atoms with Crippen LogP contribution < -0.4 is 0 Å². The molecule has 2 fully saturated rings. The van der Waals surface area contributed by atoms with Crippen molar-refractivity contribution < 1.29 is 9.59 Å². The molecule has 3 aliphatic rings. The Morgan fingerprint density at radius 3 is 1.48 bits per heavy atom. The van der Waals surface area contributed by atoms with Gasteiger partial charge < -0.3 is 0 Å². The van der Waals surface area contributed by atoms with Gasteiger partial charge in [0.25, 0.3) is 0 Å². The van der Waals surface area contributed by atoms with Crippen molar-refractivity contribution in [1.82, 2.24) is 4.90 Å². The monoisotopic (exact) mass is 317 g/mol. The third-order valence-corrected chi connectivity index (χ3v) is 5.98. The highest BCUT2D eigenvalue weighted by Crippen LogP contribution is 2.37. The maximum atomic E-state index is 12.8. The van der Waals surface area contributed by atoms with E-state index in [0.29, 0.717) is 0 Å². The molecule has 0 aromatic heterocycles. The van der Waals surface area contributed by atoms with Gasteiger partial charge in [0.05, 0.1) is 11.8 Å². The quantitative estimate of drug-likeness (QED) is 0.523. The molecule has 1 heterocycles. The molecule has 1 saturated carbocycles. The molecule has 3 rings (SSSR count). The van der Waals surface area contributed by atoms with Crippen molar-refractivity contribution in [3.8, 4) is 0 Å². The fourth-order valence-corrected chi connectivity index (χ4v) is 4.59. The zero-order valence-corrected chi connectivity index (χ0v) is 14.3. The van der Waals surface area contributed by atoms with Crippen LogP contribution in [-0.2, 0) is 9.59 Å². The number of fused-ring (bicyclic) bond motifs is 1. The van der Waals surface area contributed by atoms with Crippen molar-refractivity contribution in [2.75, 3.05) is 0 Å². The summed E-state index contributed by atoms with van der Waals surface area (Å²) in [6, 6.07) is 0.167. The van der Waals surface area contributed by atoms with E-state index in [1.54, 1.807) is 4.90 Å². The largest absolute Gasteiger partial charge is 0.279 e. The third-order valence-electron chi connectivity index (χ3n) is 5.98. The molecule has 23 heavy (non-hydrogen) atoms. The lowest BCUT2D eigenvalue weighted by molar-refractivity contribution is -0.143. The maximum absolute atomic E-state index is 12.8. The molecular formula is C20H31NO2. The summed E-state index contributed by atoms with van der Waals surface area (Å²) >= 11 is 0. The summed E-state index contributed by atoms with van der Waals surface area (Å²) in [4.78, 5) is 27.3. The van der Waals surface area contributed by atoms with Crippen LogP contribution in [0.5, 0.6) is 0 Å². The Morgan fingerprint density at radius 1 is 0.652 bits per heavy atom. The lowest BCUT2D eigenvalue weighted by atomic mass is 9.85. The highest BCUT2D eigenvalue weighted by Gasteiger charge is 2.49. The van der Waals surface area contributed by atoms with E-state index >= 15 is 0 Å². The third kappa shape index (κ3) is 3.87. The van der Waals surface area contributed by atoms with Crippen molar-refractivity contribution in [3.05, 3.63) is 12.2 Å². The Bertz CT molecular complexity index is 419. The predicted octanol–water partition coefficient (Wildman–Crippen LogP) is 4.61. The highest BCUT2D eigenvalue weighted by atomic mass is 16.2. The Morgan fingerprint density at radius 2 is 1.04 bits per heavy atom. The van der Waals surface area contributed by atoms with Crippen LogP contribution in [0.3, 0.4) is 0 Å². The SMILES string of the molecule is O=C1C2CC=CCC2C(=O)N1C1CCCCCCCCCCC1. The molecule has 2 atom stereocenters. The Labute approximate surface area is 140 Å². The molecule has 1 aliphatic heterocycles. The molecule has 3 heteroatoms. The molecule has 2 aliphatic carbocycles. The zero-order valence-electron chi connectivity index (χ0n) is 14.3.